The molecular weight excluding hydrogens is 160 g/mol. The van der Waals surface area contributed by atoms with Gasteiger partial charge in [-0.2, -0.15) is 0 Å². The van der Waals surface area contributed by atoms with Gasteiger partial charge in [-0.05, 0) is 13.3 Å². The molecule has 0 spiro atoms. The molecule has 0 saturated heterocycles. The van der Waals surface area contributed by atoms with E-state index in [1.165, 1.54) is 0 Å². The Balaban J connectivity index is 3.31. The quantitative estimate of drug-likeness (QED) is 0.246. The normalized spacial score (nSPS) is 12.6. The highest BCUT2D eigenvalue weighted by Gasteiger charge is 2.10. The molecule has 0 aliphatic carbocycles. The fourth-order valence-corrected chi connectivity index (χ4v) is 0.656. The Bertz CT molecular complexity index is 130. The lowest BCUT2D eigenvalue weighted by Crippen LogP contribution is -2.39. The third-order valence-corrected chi connectivity index (χ3v) is 1.37. The van der Waals surface area contributed by atoms with Crippen LogP contribution in [0.15, 0.2) is 0 Å². The van der Waals surface area contributed by atoms with E-state index in [9.17, 15) is 4.79 Å². The number of rotatable bonds is 6. The maximum absolute atomic E-state index is 10.8. The van der Waals surface area contributed by atoms with E-state index >= 15 is 0 Å². The minimum absolute atomic E-state index is 0.313. The maximum atomic E-state index is 10.8. The lowest BCUT2D eigenvalue weighted by molar-refractivity contribution is -0.132. The number of carbonyl (C=O) groups is 1. The Labute approximate surface area is 72.2 Å². The Morgan fingerprint density at radius 1 is 1.58 bits per heavy atom. The molecule has 72 valence electrons. The van der Waals surface area contributed by atoms with Gasteiger partial charge in [0, 0.05) is 20.3 Å². The molecule has 1 atom stereocenters. The van der Waals surface area contributed by atoms with Crippen LogP contribution in [0.5, 0.6) is 0 Å². The number of nitrogens with one attached hydrogen (secondary N) is 1. The predicted octanol–water partition coefficient (Wildman–Crippen LogP) is -0.582. The Morgan fingerprint density at radius 3 is 2.75 bits per heavy atom. The average Bonchev–Trinajstić information content (AvgIpc) is 2.10. The minimum Gasteiger partial charge on any atom is -0.385 e. The third-order valence-electron chi connectivity index (χ3n) is 1.37. The lowest BCUT2D eigenvalue weighted by Gasteiger charge is -2.10. The van der Waals surface area contributed by atoms with Gasteiger partial charge in [0.25, 0.3) is 5.91 Å². The smallest absolute Gasteiger partial charge is 0.262 e. The van der Waals surface area contributed by atoms with Crippen molar-refractivity contribution in [2.24, 2.45) is 5.84 Å². The molecule has 0 saturated carbocycles. The molecule has 0 aromatic heterocycles. The summed E-state index contributed by atoms with van der Waals surface area (Å²) in [5.41, 5.74) is 2.01. The molecule has 1 amide bonds. The van der Waals surface area contributed by atoms with E-state index < -0.39 is 6.10 Å². The second-order valence-corrected chi connectivity index (χ2v) is 2.37. The van der Waals surface area contributed by atoms with Crippen LogP contribution >= 0.6 is 0 Å². The molecule has 0 aliphatic heterocycles. The van der Waals surface area contributed by atoms with Gasteiger partial charge in [-0.25, -0.2) is 5.84 Å². The number of nitrogens with two attached hydrogens (primary N) is 1. The van der Waals surface area contributed by atoms with Crippen molar-refractivity contribution in [1.82, 2.24) is 5.43 Å². The second kappa shape index (κ2) is 7.02. The molecule has 0 heterocycles. The number of methoxy groups -OCH3 is 1. The zero-order chi connectivity index (χ0) is 9.40. The van der Waals surface area contributed by atoms with Crippen LogP contribution in [-0.4, -0.2) is 32.3 Å². The van der Waals surface area contributed by atoms with Gasteiger partial charge >= 0.3 is 0 Å². The molecule has 1 unspecified atom stereocenters. The zero-order valence-corrected chi connectivity index (χ0v) is 7.50. The largest absolute Gasteiger partial charge is 0.385 e. The molecule has 0 bridgehead atoms. The number of hydrazine groups is 1. The molecule has 0 aromatic carbocycles. The van der Waals surface area contributed by atoms with E-state index in [0.29, 0.717) is 13.2 Å². The Morgan fingerprint density at radius 2 is 2.25 bits per heavy atom. The number of amides is 1. The molecule has 0 fully saturated rings. The highest BCUT2D eigenvalue weighted by atomic mass is 16.5. The van der Waals surface area contributed by atoms with Gasteiger partial charge in [0.05, 0.1) is 0 Å². The van der Waals surface area contributed by atoms with E-state index in [1.807, 2.05) is 5.43 Å². The summed E-state index contributed by atoms with van der Waals surface area (Å²) in [6, 6.07) is 0. The van der Waals surface area contributed by atoms with Crippen LogP contribution in [0.25, 0.3) is 0 Å². The van der Waals surface area contributed by atoms with Crippen molar-refractivity contribution < 1.29 is 14.3 Å². The van der Waals surface area contributed by atoms with Gasteiger partial charge in [0.15, 0.2) is 0 Å². The summed E-state index contributed by atoms with van der Waals surface area (Å²) in [6.45, 7) is 2.79. The van der Waals surface area contributed by atoms with Crippen LogP contribution in [0.1, 0.15) is 13.3 Å². The summed E-state index contributed by atoms with van der Waals surface area (Å²) in [5, 5.41) is 0. The monoisotopic (exact) mass is 176 g/mol. The molecule has 0 radical (unpaired) electrons. The summed E-state index contributed by atoms with van der Waals surface area (Å²) in [6.07, 6.45) is 0.283. The van der Waals surface area contributed by atoms with Crippen LogP contribution < -0.4 is 11.3 Å². The highest BCUT2D eigenvalue weighted by molar-refractivity contribution is 5.79. The van der Waals surface area contributed by atoms with Crippen LogP contribution in [0.4, 0.5) is 0 Å². The summed E-state index contributed by atoms with van der Waals surface area (Å²) >= 11 is 0. The first-order chi connectivity index (χ1) is 5.72. The Kier molecular flexibility index (Phi) is 6.64. The second-order valence-electron chi connectivity index (χ2n) is 2.37. The van der Waals surface area contributed by atoms with Crippen LogP contribution in [0, 0.1) is 0 Å². The topological polar surface area (TPSA) is 73.6 Å². The third kappa shape index (κ3) is 5.06. The van der Waals surface area contributed by atoms with Crippen LogP contribution in [-0.2, 0) is 14.3 Å². The molecule has 0 aliphatic rings. The van der Waals surface area contributed by atoms with Crippen molar-refractivity contribution in [1.29, 1.82) is 0 Å². The SMILES string of the molecule is COCCCOC(C)C(=O)NN. The molecule has 0 aromatic rings. The lowest BCUT2D eigenvalue weighted by atomic mass is 10.4. The Hall–Kier alpha value is -0.650. The first-order valence-corrected chi connectivity index (χ1v) is 3.83. The van der Waals surface area contributed by atoms with E-state index in [0.717, 1.165) is 6.42 Å². The van der Waals surface area contributed by atoms with Crippen molar-refractivity contribution in [3.8, 4) is 0 Å². The highest BCUT2D eigenvalue weighted by Crippen LogP contribution is 1.92. The summed E-state index contributed by atoms with van der Waals surface area (Å²) in [4.78, 5) is 10.8. The van der Waals surface area contributed by atoms with Crippen molar-refractivity contribution in [2.45, 2.75) is 19.4 Å². The molecule has 12 heavy (non-hydrogen) atoms. The number of ether oxygens (including phenoxy) is 2. The minimum atomic E-state index is -0.494. The van der Waals surface area contributed by atoms with Gasteiger partial charge in [-0.3, -0.25) is 10.2 Å². The molecule has 5 heteroatoms. The van der Waals surface area contributed by atoms with Crippen molar-refractivity contribution in [2.75, 3.05) is 20.3 Å². The average molecular weight is 176 g/mol. The van der Waals surface area contributed by atoms with Crippen molar-refractivity contribution >= 4 is 5.91 Å². The first-order valence-electron chi connectivity index (χ1n) is 3.83. The number of carbonyl (C=O) groups excluding carboxylic acids is 1. The van der Waals surface area contributed by atoms with E-state index in [1.54, 1.807) is 14.0 Å². The van der Waals surface area contributed by atoms with Crippen LogP contribution in [0.3, 0.4) is 0 Å². The van der Waals surface area contributed by atoms with Gasteiger partial charge in [-0.15, -0.1) is 0 Å². The van der Waals surface area contributed by atoms with Gasteiger partial charge < -0.3 is 9.47 Å². The van der Waals surface area contributed by atoms with Crippen molar-refractivity contribution in [3.63, 3.8) is 0 Å². The van der Waals surface area contributed by atoms with Gasteiger partial charge in [0.2, 0.25) is 0 Å². The van der Waals surface area contributed by atoms with E-state index in [2.05, 4.69) is 0 Å². The number of hydrogen-bond acceptors (Lipinski definition) is 4. The fourth-order valence-electron chi connectivity index (χ4n) is 0.656. The van der Waals surface area contributed by atoms with E-state index in [-0.39, 0.29) is 5.91 Å². The van der Waals surface area contributed by atoms with Crippen molar-refractivity contribution in [3.05, 3.63) is 0 Å². The van der Waals surface area contributed by atoms with Crippen LogP contribution in [0.2, 0.25) is 0 Å². The maximum Gasteiger partial charge on any atom is 0.262 e. The first kappa shape index (κ1) is 11.4. The fraction of sp³-hybridized carbons (Fsp3) is 0.857. The number of hydrogen-bond donors (Lipinski definition) is 2. The molecule has 3 N–H and O–H groups in total. The van der Waals surface area contributed by atoms with Gasteiger partial charge in [0.1, 0.15) is 6.10 Å². The predicted molar refractivity (Wildman–Crippen MR) is 44.2 cm³/mol. The zero-order valence-electron chi connectivity index (χ0n) is 7.50. The summed E-state index contributed by atoms with van der Waals surface area (Å²) in [7, 11) is 1.62. The summed E-state index contributed by atoms with van der Waals surface area (Å²) in [5.74, 6) is 4.59. The molecule has 5 nitrogen and oxygen atoms in total. The summed E-state index contributed by atoms with van der Waals surface area (Å²) < 4.78 is 9.93. The standard InChI is InChI=1S/C7H16N2O3/c1-6(7(10)9-8)12-5-3-4-11-2/h6H,3-5,8H2,1-2H3,(H,9,10). The van der Waals surface area contributed by atoms with Gasteiger partial charge in [-0.1, -0.05) is 0 Å². The van der Waals surface area contributed by atoms with E-state index in [4.69, 9.17) is 15.3 Å². The molecule has 0 rings (SSSR count). The molecular formula is C7H16N2O3.